The number of anilines is 1. The fraction of sp³-hybridized carbons (Fsp3) is 0.500. The highest BCUT2D eigenvalue weighted by molar-refractivity contribution is 7.79. The summed E-state index contributed by atoms with van der Waals surface area (Å²) in [6.07, 6.45) is 7.09. The molecule has 1 saturated heterocycles. The molecule has 3 N–H and O–H groups in total. The summed E-state index contributed by atoms with van der Waals surface area (Å²) in [6, 6.07) is 2.13. The van der Waals surface area contributed by atoms with Gasteiger partial charge < -0.3 is 19.3 Å². The quantitative estimate of drug-likeness (QED) is 0.335. The van der Waals surface area contributed by atoms with Crippen molar-refractivity contribution in [1.82, 2.24) is 29.7 Å². The van der Waals surface area contributed by atoms with Crippen molar-refractivity contribution < 1.29 is 18.2 Å². The summed E-state index contributed by atoms with van der Waals surface area (Å²) in [6.45, 7) is 2.37. The lowest BCUT2D eigenvalue weighted by atomic mass is 10.1. The third kappa shape index (κ3) is 4.78. The highest BCUT2D eigenvalue weighted by Gasteiger charge is 2.22. The number of likely N-dealkylation sites (tertiary alicyclic amines) is 1. The Bertz CT molecular complexity index is 986. The van der Waals surface area contributed by atoms with Crippen molar-refractivity contribution in [2.45, 2.75) is 18.9 Å². The molecule has 0 amide bonds. The van der Waals surface area contributed by atoms with Gasteiger partial charge in [-0.1, -0.05) is 0 Å². The molecule has 0 bridgehead atoms. The van der Waals surface area contributed by atoms with E-state index in [0.29, 0.717) is 30.6 Å². The molecule has 30 heavy (non-hydrogen) atoms. The summed E-state index contributed by atoms with van der Waals surface area (Å²) >= 11 is -1.80. The second-order valence-electron chi connectivity index (χ2n) is 7.08. The lowest BCUT2D eigenvalue weighted by molar-refractivity contribution is 0.147. The maximum atomic E-state index is 11.0. The van der Waals surface area contributed by atoms with Crippen LogP contribution < -0.4 is 10.1 Å². The van der Waals surface area contributed by atoms with E-state index in [1.54, 1.807) is 24.0 Å². The molecule has 3 aromatic rings. The maximum Gasteiger partial charge on any atom is 0.243 e. The number of hydrogen-bond donors (Lipinski definition) is 3. The molecule has 3 aromatic heterocycles. The predicted molar refractivity (Wildman–Crippen MR) is 112 cm³/mol. The molecular weight excluding hydrogens is 410 g/mol. The summed E-state index contributed by atoms with van der Waals surface area (Å²) in [4.78, 5) is 6.66. The number of methoxy groups -OCH3 is 1. The van der Waals surface area contributed by atoms with Crippen LogP contribution in [0.2, 0.25) is 0 Å². The summed E-state index contributed by atoms with van der Waals surface area (Å²) in [7, 11) is 1.63. The number of piperidine rings is 1. The van der Waals surface area contributed by atoms with Gasteiger partial charge in [0.15, 0.2) is 22.5 Å². The molecule has 4 heterocycles. The smallest absolute Gasteiger partial charge is 0.243 e. The highest BCUT2D eigenvalue weighted by atomic mass is 32.2. The Morgan fingerprint density at radius 1 is 1.37 bits per heavy atom. The maximum absolute atomic E-state index is 11.0. The first-order valence-electron chi connectivity index (χ1n) is 9.70. The van der Waals surface area contributed by atoms with Crippen LogP contribution in [0.3, 0.4) is 0 Å². The minimum Gasteiger partial charge on any atom is -0.487 e. The zero-order valence-electron chi connectivity index (χ0n) is 16.7. The summed E-state index contributed by atoms with van der Waals surface area (Å²) in [5.74, 6) is 1.34. The van der Waals surface area contributed by atoms with E-state index >= 15 is 0 Å². The number of rotatable bonds is 9. The number of H-pyrrole nitrogens is 1. The van der Waals surface area contributed by atoms with E-state index < -0.39 is 11.1 Å². The number of ether oxygens (including phenoxy) is 2. The Morgan fingerprint density at radius 3 is 2.90 bits per heavy atom. The van der Waals surface area contributed by atoms with Gasteiger partial charge >= 0.3 is 0 Å². The van der Waals surface area contributed by atoms with E-state index in [4.69, 9.17) is 14.0 Å². The molecule has 1 atom stereocenters. The van der Waals surface area contributed by atoms with Gasteiger partial charge in [-0.05, 0) is 18.9 Å². The van der Waals surface area contributed by atoms with Crippen LogP contribution >= 0.6 is 0 Å². The molecule has 4 rings (SSSR count). The van der Waals surface area contributed by atoms with E-state index in [2.05, 4.69) is 25.6 Å². The Morgan fingerprint density at radius 2 is 2.20 bits per heavy atom. The van der Waals surface area contributed by atoms with Crippen LogP contribution in [0.5, 0.6) is 5.75 Å². The Kier molecular flexibility index (Phi) is 6.57. The van der Waals surface area contributed by atoms with Crippen molar-refractivity contribution in [1.29, 1.82) is 0 Å². The minimum atomic E-state index is -1.80. The summed E-state index contributed by atoms with van der Waals surface area (Å²) < 4.78 is 32.8. The topological polar surface area (TPSA) is 130 Å². The van der Waals surface area contributed by atoms with E-state index in [1.165, 1.54) is 0 Å². The van der Waals surface area contributed by atoms with E-state index in [9.17, 15) is 4.21 Å². The van der Waals surface area contributed by atoms with Gasteiger partial charge in [-0.2, -0.15) is 10.1 Å². The SMILES string of the molecule is COCCOc1c(-c2cn[nH]c2)ccn2nc(NC3CCN(CS(=O)O)CC3)nc12. The summed E-state index contributed by atoms with van der Waals surface area (Å²) in [5, 5.41) is 14.8. The third-order valence-electron chi connectivity index (χ3n) is 5.02. The van der Waals surface area contributed by atoms with Crippen molar-refractivity contribution in [2.75, 3.05) is 44.6 Å². The Hall–Kier alpha value is -2.54. The van der Waals surface area contributed by atoms with Gasteiger partial charge in [0, 0.05) is 49.8 Å². The standard InChI is InChI=1S/C18H25N7O4S/c1-28-8-9-29-16-15(13-10-19-20-11-13)4-7-25-17(16)22-18(23-25)21-14-2-5-24(6-3-14)12-30(26)27/h4,7,10-11,14H,2-3,5-6,8-9,12H2,1H3,(H,19,20)(H,21,23)(H,26,27). The molecule has 1 aliphatic heterocycles. The second kappa shape index (κ2) is 9.51. The van der Waals surface area contributed by atoms with Crippen LogP contribution in [0, 0.1) is 0 Å². The Labute approximate surface area is 176 Å². The second-order valence-corrected chi connectivity index (χ2v) is 7.98. The van der Waals surface area contributed by atoms with Crippen LogP contribution in [0.1, 0.15) is 12.8 Å². The first kappa shape index (κ1) is 20.7. The lowest BCUT2D eigenvalue weighted by Gasteiger charge is -2.30. The van der Waals surface area contributed by atoms with E-state index in [0.717, 1.165) is 37.1 Å². The minimum absolute atomic E-state index is 0.193. The molecule has 0 aliphatic carbocycles. The van der Waals surface area contributed by atoms with Gasteiger partial charge in [0.05, 0.1) is 12.8 Å². The van der Waals surface area contributed by atoms with Gasteiger partial charge in [-0.3, -0.25) is 10.00 Å². The van der Waals surface area contributed by atoms with Crippen LogP contribution in [-0.2, 0) is 15.8 Å². The molecule has 0 saturated carbocycles. The van der Waals surface area contributed by atoms with Gasteiger partial charge in [0.25, 0.3) is 0 Å². The molecule has 0 aromatic carbocycles. The highest BCUT2D eigenvalue weighted by Crippen LogP contribution is 2.33. The number of nitrogens with zero attached hydrogens (tertiary/aromatic N) is 5. The zero-order valence-corrected chi connectivity index (χ0v) is 17.5. The number of fused-ring (bicyclic) bond motifs is 1. The largest absolute Gasteiger partial charge is 0.487 e. The van der Waals surface area contributed by atoms with E-state index in [1.807, 2.05) is 17.2 Å². The summed E-state index contributed by atoms with van der Waals surface area (Å²) in [5.41, 5.74) is 2.38. The number of nitrogens with one attached hydrogen (secondary N) is 2. The molecule has 1 aliphatic rings. The molecule has 0 spiro atoms. The monoisotopic (exact) mass is 435 g/mol. The molecule has 11 nitrogen and oxygen atoms in total. The fourth-order valence-corrected chi connectivity index (χ4v) is 4.10. The van der Waals surface area contributed by atoms with Crippen molar-refractivity contribution >= 4 is 22.7 Å². The molecule has 0 radical (unpaired) electrons. The van der Waals surface area contributed by atoms with Crippen molar-refractivity contribution in [3.8, 4) is 16.9 Å². The van der Waals surface area contributed by atoms with E-state index in [-0.39, 0.29) is 11.9 Å². The average molecular weight is 436 g/mol. The first-order valence-corrected chi connectivity index (χ1v) is 11.0. The fourth-order valence-electron chi connectivity index (χ4n) is 3.52. The van der Waals surface area contributed by atoms with Crippen LogP contribution in [0.25, 0.3) is 16.8 Å². The van der Waals surface area contributed by atoms with Gasteiger partial charge in [-0.15, -0.1) is 5.10 Å². The molecule has 1 fully saturated rings. The molecule has 12 heteroatoms. The molecule has 1 unspecified atom stereocenters. The predicted octanol–water partition coefficient (Wildman–Crippen LogP) is 1.20. The van der Waals surface area contributed by atoms with Crippen molar-refractivity contribution in [2.24, 2.45) is 0 Å². The lowest BCUT2D eigenvalue weighted by Crippen LogP contribution is -2.40. The van der Waals surface area contributed by atoms with Crippen LogP contribution in [0.4, 0.5) is 5.95 Å². The molecule has 162 valence electrons. The normalized spacial score (nSPS) is 16.7. The van der Waals surface area contributed by atoms with Crippen molar-refractivity contribution in [3.05, 3.63) is 24.7 Å². The van der Waals surface area contributed by atoms with Gasteiger partial charge in [0.2, 0.25) is 5.95 Å². The van der Waals surface area contributed by atoms with Gasteiger partial charge in [-0.25, -0.2) is 8.72 Å². The third-order valence-corrected chi connectivity index (χ3v) is 5.60. The van der Waals surface area contributed by atoms with Crippen molar-refractivity contribution in [3.63, 3.8) is 0 Å². The van der Waals surface area contributed by atoms with Gasteiger partial charge in [0.1, 0.15) is 12.5 Å². The zero-order chi connectivity index (χ0) is 20.9. The average Bonchev–Trinajstić information content (AvgIpc) is 3.39. The molecular formula is C18H25N7O4S. The Balaban J connectivity index is 1.53. The number of hydrogen-bond acceptors (Lipinski definition) is 8. The number of pyridine rings is 1. The number of aromatic amines is 1. The van der Waals surface area contributed by atoms with Crippen LogP contribution in [0.15, 0.2) is 24.7 Å². The first-order chi connectivity index (χ1) is 14.6. The number of aromatic nitrogens is 5. The van der Waals surface area contributed by atoms with Crippen LogP contribution in [-0.4, -0.2) is 83.8 Å².